The van der Waals surface area contributed by atoms with E-state index in [4.69, 9.17) is 16.7 Å². The van der Waals surface area contributed by atoms with Crippen LogP contribution in [0.3, 0.4) is 0 Å². The standard InChI is InChI=1S/C14H14ClN3O7/c1-25-14(22)7-6-17(2-3-19)13(21)12(7)16-9-4-8(15)10(18(23)24)5-11(9)20/h4-5,16,19-20H,2-3,6H2,1H3. The summed E-state index contributed by atoms with van der Waals surface area (Å²) in [5.74, 6) is -1.88. The molecule has 0 aromatic heterocycles. The van der Waals surface area contributed by atoms with Gasteiger partial charge in [0, 0.05) is 6.54 Å². The van der Waals surface area contributed by atoms with Gasteiger partial charge in [-0.2, -0.15) is 0 Å². The molecule has 1 aliphatic heterocycles. The fraction of sp³-hybridized carbons (Fsp3) is 0.286. The highest BCUT2D eigenvalue weighted by atomic mass is 35.5. The van der Waals surface area contributed by atoms with Gasteiger partial charge in [-0.1, -0.05) is 11.6 Å². The summed E-state index contributed by atoms with van der Waals surface area (Å²) >= 11 is 5.79. The van der Waals surface area contributed by atoms with Crippen LogP contribution in [0.2, 0.25) is 5.02 Å². The average molecular weight is 372 g/mol. The lowest BCUT2D eigenvalue weighted by molar-refractivity contribution is -0.384. The number of aliphatic hydroxyl groups is 1. The molecule has 0 saturated carbocycles. The molecule has 11 heteroatoms. The van der Waals surface area contributed by atoms with Gasteiger partial charge in [-0.25, -0.2) is 4.79 Å². The molecule has 0 fully saturated rings. The number of rotatable bonds is 6. The van der Waals surface area contributed by atoms with Crippen molar-refractivity contribution in [3.05, 3.63) is 38.5 Å². The fourth-order valence-corrected chi connectivity index (χ4v) is 2.51. The van der Waals surface area contributed by atoms with E-state index in [1.165, 1.54) is 4.90 Å². The predicted molar refractivity (Wildman–Crippen MR) is 86.1 cm³/mol. The van der Waals surface area contributed by atoms with Gasteiger partial charge in [-0.15, -0.1) is 0 Å². The maximum atomic E-state index is 12.4. The molecule has 0 aliphatic carbocycles. The smallest absolute Gasteiger partial charge is 0.337 e. The van der Waals surface area contributed by atoms with E-state index in [1.54, 1.807) is 0 Å². The Morgan fingerprint density at radius 2 is 2.20 bits per heavy atom. The van der Waals surface area contributed by atoms with Gasteiger partial charge >= 0.3 is 5.97 Å². The number of carbonyl (C=O) groups is 2. The largest absolute Gasteiger partial charge is 0.506 e. The van der Waals surface area contributed by atoms with Crippen LogP contribution in [0.1, 0.15) is 0 Å². The van der Waals surface area contributed by atoms with Gasteiger partial charge < -0.3 is 25.2 Å². The summed E-state index contributed by atoms with van der Waals surface area (Å²) in [5, 5.41) is 32.0. The van der Waals surface area contributed by atoms with Crippen molar-refractivity contribution in [2.45, 2.75) is 0 Å². The van der Waals surface area contributed by atoms with E-state index in [9.17, 15) is 24.8 Å². The van der Waals surface area contributed by atoms with Crippen molar-refractivity contribution in [1.82, 2.24) is 4.90 Å². The van der Waals surface area contributed by atoms with Crippen LogP contribution in [0.4, 0.5) is 11.4 Å². The topological polar surface area (TPSA) is 142 Å². The Morgan fingerprint density at radius 3 is 2.76 bits per heavy atom. The third kappa shape index (κ3) is 3.64. The third-order valence-corrected chi connectivity index (χ3v) is 3.78. The van der Waals surface area contributed by atoms with Crippen molar-refractivity contribution in [2.75, 3.05) is 32.1 Å². The first-order valence-electron chi connectivity index (χ1n) is 6.95. The number of esters is 1. The molecule has 0 saturated heterocycles. The molecule has 1 aromatic rings. The van der Waals surface area contributed by atoms with E-state index in [0.29, 0.717) is 0 Å². The number of hydrogen-bond donors (Lipinski definition) is 3. The van der Waals surface area contributed by atoms with Crippen molar-refractivity contribution >= 4 is 34.9 Å². The molecule has 1 heterocycles. The molecule has 3 N–H and O–H groups in total. The quantitative estimate of drug-likeness (QED) is 0.286. The van der Waals surface area contributed by atoms with Crippen LogP contribution < -0.4 is 5.32 Å². The third-order valence-electron chi connectivity index (χ3n) is 3.48. The van der Waals surface area contributed by atoms with Crippen LogP contribution in [0, 0.1) is 10.1 Å². The summed E-state index contributed by atoms with van der Waals surface area (Å²) in [6.45, 7) is -0.393. The lowest BCUT2D eigenvalue weighted by atomic mass is 10.2. The summed E-state index contributed by atoms with van der Waals surface area (Å²) in [6, 6.07) is 1.90. The minimum absolute atomic E-state index is 0.00247. The van der Waals surface area contributed by atoms with Crippen molar-refractivity contribution in [2.24, 2.45) is 0 Å². The summed E-state index contributed by atoms with van der Waals surface area (Å²) in [4.78, 5) is 35.5. The molecule has 10 nitrogen and oxygen atoms in total. The number of aromatic hydroxyl groups is 1. The van der Waals surface area contributed by atoms with E-state index in [1.807, 2.05) is 0 Å². The number of halogens is 1. The van der Waals surface area contributed by atoms with Crippen LogP contribution in [-0.4, -0.2) is 58.7 Å². The molecule has 2 rings (SSSR count). The number of benzene rings is 1. The van der Waals surface area contributed by atoms with Crippen molar-refractivity contribution in [3.63, 3.8) is 0 Å². The highest BCUT2D eigenvalue weighted by molar-refractivity contribution is 6.33. The summed E-state index contributed by atoms with van der Waals surface area (Å²) in [6.07, 6.45) is 0. The normalized spacial score (nSPS) is 14.0. The zero-order valence-electron chi connectivity index (χ0n) is 13.0. The van der Waals surface area contributed by atoms with E-state index >= 15 is 0 Å². The first-order valence-corrected chi connectivity index (χ1v) is 7.33. The summed E-state index contributed by atoms with van der Waals surface area (Å²) in [5.41, 5.74) is -0.770. The molecule has 0 unspecified atom stereocenters. The second kappa shape index (κ2) is 7.36. The maximum Gasteiger partial charge on any atom is 0.337 e. The van der Waals surface area contributed by atoms with Crippen LogP contribution in [0.25, 0.3) is 0 Å². The van der Waals surface area contributed by atoms with Crippen molar-refractivity contribution in [1.29, 1.82) is 0 Å². The van der Waals surface area contributed by atoms with Crippen LogP contribution >= 0.6 is 11.6 Å². The molecule has 1 aromatic carbocycles. The molecule has 0 spiro atoms. The zero-order chi connectivity index (χ0) is 18.7. The number of ether oxygens (including phenoxy) is 1. The van der Waals surface area contributed by atoms with E-state index in [-0.39, 0.29) is 41.7 Å². The lowest BCUT2D eigenvalue weighted by Gasteiger charge is -2.15. The number of carbonyl (C=O) groups excluding carboxylic acids is 2. The molecular weight excluding hydrogens is 358 g/mol. The van der Waals surface area contributed by atoms with Crippen LogP contribution in [0.15, 0.2) is 23.4 Å². The van der Waals surface area contributed by atoms with E-state index in [0.717, 1.165) is 19.2 Å². The molecule has 1 amide bonds. The van der Waals surface area contributed by atoms with Gasteiger partial charge in [-0.3, -0.25) is 14.9 Å². The number of methoxy groups -OCH3 is 1. The van der Waals surface area contributed by atoms with Crippen LogP contribution in [-0.2, 0) is 14.3 Å². The van der Waals surface area contributed by atoms with Crippen LogP contribution in [0.5, 0.6) is 5.75 Å². The number of anilines is 1. The number of phenolic OH excluding ortho intramolecular Hbond substituents is 1. The zero-order valence-corrected chi connectivity index (χ0v) is 13.7. The summed E-state index contributed by atoms with van der Waals surface area (Å²) in [7, 11) is 1.15. The van der Waals surface area contributed by atoms with Gasteiger partial charge in [0.15, 0.2) is 0 Å². The number of nitrogens with zero attached hydrogens (tertiary/aromatic N) is 2. The number of phenols is 1. The molecule has 0 radical (unpaired) electrons. The number of hydrogen-bond acceptors (Lipinski definition) is 8. The Morgan fingerprint density at radius 1 is 1.52 bits per heavy atom. The van der Waals surface area contributed by atoms with Gasteiger partial charge in [0.25, 0.3) is 11.6 Å². The number of nitro groups is 1. The van der Waals surface area contributed by atoms with Gasteiger partial charge in [-0.05, 0) is 6.07 Å². The monoisotopic (exact) mass is 371 g/mol. The number of aliphatic hydroxyl groups excluding tert-OH is 1. The molecule has 0 bridgehead atoms. The number of β-amino-alcohol motifs (C(OH)–C–C–N with tert-alkyl or cyclic N) is 1. The maximum absolute atomic E-state index is 12.4. The minimum atomic E-state index is -0.769. The Bertz CT molecular complexity index is 778. The first kappa shape index (κ1) is 18.5. The van der Waals surface area contributed by atoms with Gasteiger partial charge in [0.05, 0.1) is 42.5 Å². The molecular formula is C14H14ClN3O7. The van der Waals surface area contributed by atoms with E-state index < -0.39 is 28.2 Å². The second-order valence-corrected chi connectivity index (χ2v) is 5.41. The Kier molecular flexibility index (Phi) is 5.45. The van der Waals surface area contributed by atoms with Crippen molar-refractivity contribution < 1.29 is 29.5 Å². The Balaban J connectivity index is 2.42. The van der Waals surface area contributed by atoms with Gasteiger partial charge in [0.2, 0.25) is 0 Å². The molecule has 0 atom stereocenters. The fourth-order valence-electron chi connectivity index (χ4n) is 2.27. The predicted octanol–water partition coefficient (Wildman–Crippen LogP) is 0.627. The van der Waals surface area contributed by atoms with Crippen molar-refractivity contribution in [3.8, 4) is 5.75 Å². The summed E-state index contributed by atoms with van der Waals surface area (Å²) < 4.78 is 4.63. The Labute approximate surface area is 146 Å². The number of nitrogens with one attached hydrogen (secondary N) is 1. The average Bonchev–Trinajstić information content (AvgIpc) is 2.86. The number of nitro benzene ring substituents is 1. The van der Waals surface area contributed by atoms with E-state index in [2.05, 4.69) is 10.1 Å². The number of amides is 1. The first-order chi connectivity index (χ1) is 11.8. The van der Waals surface area contributed by atoms with Gasteiger partial charge in [0.1, 0.15) is 16.5 Å². The minimum Gasteiger partial charge on any atom is -0.506 e. The molecule has 134 valence electrons. The second-order valence-electron chi connectivity index (χ2n) is 5.00. The SMILES string of the molecule is COC(=O)C1=C(Nc2cc(Cl)c([N+](=O)[O-])cc2O)C(=O)N(CCO)C1. The highest BCUT2D eigenvalue weighted by Gasteiger charge is 2.35. The lowest BCUT2D eigenvalue weighted by Crippen LogP contribution is -2.31. The highest BCUT2D eigenvalue weighted by Crippen LogP contribution is 2.36. The molecule has 1 aliphatic rings. The Hall–Kier alpha value is -2.85. The molecule has 25 heavy (non-hydrogen) atoms.